The maximum atomic E-state index is 2.67. The molecule has 0 bridgehead atoms. The zero-order valence-corrected chi connectivity index (χ0v) is 13.9. The van der Waals surface area contributed by atoms with Crippen LogP contribution in [0.25, 0.3) is 0 Å². The van der Waals surface area contributed by atoms with Crippen molar-refractivity contribution in [3.8, 4) is 0 Å². The molecule has 0 amide bonds. The minimum atomic E-state index is 0. The summed E-state index contributed by atoms with van der Waals surface area (Å²) in [5.41, 5.74) is 0. The normalized spacial score (nSPS) is 33.7. The van der Waals surface area contributed by atoms with Gasteiger partial charge < -0.3 is 0 Å². The van der Waals surface area contributed by atoms with Gasteiger partial charge in [-0.3, -0.25) is 4.90 Å². The van der Waals surface area contributed by atoms with E-state index in [-0.39, 0.29) is 75.5 Å². The fraction of sp³-hybridized carbons (Fsp3) is 1.00. The Morgan fingerprint density at radius 2 is 1.12 bits per heavy atom. The topological polar surface area (TPSA) is 3.24 Å². The summed E-state index contributed by atoms with van der Waals surface area (Å²) in [6, 6.07) is 1.60. The standard InChI is InChI=1S/C13H27NS.2Ar/c1-6-10-12(8-3)15-13(9-4)11(7-2)14(10)5;;/h10-13H,6-9H2,1-5H3;;. The first-order valence-electron chi connectivity index (χ1n) is 6.56. The van der Waals surface area contributed by atoms with Gasteiger partial charge in [-0.15, -0.1) is 0 Å². The summed E-state index contributed by atoms with van der Waals surface area (Å²) < 4.78 is 0. The van der Waals surface area contributed by atoms with Crippen LogP contribution in [0.2, 0.25) is 0 Å². The van der Waals surface area contributed by atoms with E-state index in [2.05, 4.69) is 51.4 Å². The van der Waals surface area contributed by atoms with Crippen LogP contribution >= 0.6 is 11.8 Å². The second kappa shape index (κ2) is 11.5. The van der Waals surface area contributed by atoms with Crippen LogP contribution in [0.3, 0.4) is 0 Å². The molecule has 0 aromatic rings. The Hall–Kier alpha value is 2.83. The molecule has 0 saturated carbocycles. The Bertz CT molecular complexity index is 174. The summed E-state index contributed by atoms with van der Waals surface area (Å²) in [5.74, 6) is 0. The molecule has 1 fully saturated rings. The first-order valence-corrected chi connectivity index (χ1v) is 7.51. The Kier molecular flexibility index (Phi) is 14.9. The monoisotopic (exact) mass is 309 g/mol. The van der Waals surface area contributed by atoms with E-state index in [1.54, 1.807) is 0 Å². The average molecular weight is 309 g/mol. The molecule has 0 aromatic carbocycles. The van der Waals surface area contributed by atoms with Gasteiger partial charge in [0.2, 0.25) is 0 Å². The second-order valence-corrected chi connectivity index (χ2v) is 6.13. The molecular formula is C13H27Ar2NS. The number of hydrogen-bond donors (Lipinski definition) is 0. The van der Waals surface area contributed by atoms with E-state index in [0.717, 1.165) is 22.6 Å². The molecule has 106 valence electrons. The second-order valence-electron chi connectivity index (χ2n) is 4.65. The van der Waals surface area contributed by atoms with Crippen molar-refractivity contribution in [3.05, 3.63) is 0 Å². The van der Waals surface area contributed by atoms with Crippen molar-refractivity contribution in [1.82, 2.24) is 4.90 Å². The zero-order valence-electron chi connectivity index (χ0n) is 11.7. The van der Waals surface area contributed by atoms with E-state index in [9.17, 15) is 0 Å². The SMILES string of the molecule is CCC1SC(CC)C(CC)N(C)C1CC.[Ar].[Ar]. The van der Waals surface area contributed by atoms with E-state index in [0.29, 0.717) is 0 Å². The molecule has 0 aromatic heterocycles. The molecule has 1 aliphatic rings. The number of nitrogens with zero attached hydrogens (tertiary/aromatic N) is 1. The van der Waals surface area contributed by atoms with E-state index in [4.69, 9.17) is 0 Å². The molecule has 0 radical (unpaired) electrons. The molecule has 4 heteroatoms. The Balaban J connectivity index is 0. The number of hydrogen-bond acceptors (Lipinski definition) is 2. The molecule has 1 nitrogen and oxygen atoms in total. The minimum absolute atomic E-state index is 0. The molecular weight excluding hydrogens is 282 g/mol. The quantitative estimate of drug-likeness (QED) is 0.777. The van der Waals surface area contributed by atoms with E-state index in [1.807, 2.05) is 0 Å². The van der Waals surface area contributed by atoms with Gasteiger partial charge in [-0.05, 0) is 32.7 Å². The van der Waals surface area contributed by atoms with Gasteiger partial charge in [0.15, 0.2) is 0 Å². The minimum Gasteiger partial charge on any atom is -0.298 e. The summed E-state index contributed by atoms with van der Waals surface area (Å²) >= 11 is 2.26. The largest absolute Gasteiger partial charge is 0.298 e. The molecule has 0 aliphatic carbocycles. The van der Waals surface area contributed by atoms with E-state index in [1.165, 1.54) is 25.7 Å². The maximum absolute atomic E-state index is 2.67. The molecule has 1 heterocycles. The summed E-state index contributed by atoms with van der Waals surface area (Å²) in [4.78, 5) is 2.67. The molecule has 1 saturated heterocycles. The van der Waals surface area contributed by atoms with Gasteiger partial charge in [-0.2, -0.15) is 11.8 Å². The zero-order chi connectivity index (χ0) is 11.4. The van der Waals surface area contributed by atoms with Gasteiger partial charge in [0.1, 0.15) is 0 Å². The van der Waals surface area contributed by atoms with Crippen molar-refractivity contribution in [2.45, 2.75) is 76.0 Å². The van der Waals surface area contributed by atoms with Gasteiger partial charge in [0.25, 0.3) is 0 Å². The molecule has 0 spiro atoms. The van der Waals surface area contributed by atoms with Gasteiger partial charge in [0.05, 0.1) is 0 Å². The predicted octanol–water partition coefficient (Wildman–Crippen LogP) is 3.78. The first-order chi connectivity index (χ1) is 7.19. The van der Waals surface area contributed by atoms with Crippen molar-refractivity contribution < 1.29 is 75.5 Å². The molecule has 1 aliphatic heterocycles. The van der Waals surface area contributed by atoms with Gasteiger partial charge in [-0.1, -0.05) is 27.7 Å². The van der Waals surface area contributed by atoms with Gasteiger partial charge in [-0.25, -0.2) is 0 Å². The van der Waals surface area contributed by atoms with Crippen molar-refractivity contribution in [2.75, 3.05) is 7.05 Å². The number of rotatable bonds is 4. The molecule has 4 atom stereocenters. The first kappa shape index (κ1) is 22.1. The Morgan fingerprint density at radius 1 is 0.765 bits per heavy atom. The third-order valence-corrected chi connectivity index (χ3v) is 5.89. The van der Waals surface area contributed by atoms with Crippen molar-refractivity contribution in [3.63, 3.8) is 0 Å². The van der Waals surface area contributed by atoms with E-state index >= 15 is 0 Å². The molecule has 17 heavy (non-hydrogen) atoms. The van der Waals surface area contributed by atoms with Crippen LogP contribution in [0.1, 0.15) is 53.4 Å². The van der Waals surface area contributed by atoms with Crippen LogP contribution in [0.4, 0.5) is 0 Å². The molecule has 4 unspecified atom stereocenters. The summed E-state index contributed by atoms with van der Waals surface area (Å²) in [7, 11) is 2.34. The average Bonchev–Trinajstić information content (AvgIpc) is 2.27. The third kappa shape index (κ3) is 5.61. The fourth-order valence-corrected chi connectivity index (χ4v) is 4.98. The van der Waals surface area contributed by atoms with Gasteiger partial charge in [0, 0.05) is 98.1 Å². The van der Waals surface area contributed by atoms with Crippen molar-refractivity contribution in [2.24, 2.45) is 0 Å². The summed E-state index contributed by atoms with van der Waals surface area (Å²) in [6.07, 6.45) is 5.24. The van der Waals surface area contributed by atoms with Crippen LogP contribution in [0.5, 0.6) is 0 Å². The van der Waals surface area contributed by atoms with Crippen molar-refractivity contribution in [1.29, 1.82) is 0 Å². The Labute approximate surface area is 172 Å². The van der Waals surface area contributed by atoms with Crippen LogP contribution in [-0.4, -0.2) is 34.5 Å². The Morgan fingerprint density at radius 3 is 1.35 bits per heavy atom. The van der Waals surface area contributed by atoms with E-state index < -0.39 is 0 Å². The molecule has 1 rings (SSSR count). The van der Waals surface area contributed by atoms with Crippen LogP contribution < -0.4 is 0 Å². The van der Waals surface area contributed by atoms with Crippen molar-refractivity contribution >= 4 is 11.8 Å². The van der Waals surface area contributed by atoms with Gasteiger partial charge >= 0.3 is 0 Å². The van der Waals surface area contributed by atoms with Crippen LogP contribution in [-0.2, 0) is 0 Å². The van der Waals surface area contributed by atoms with Crippen LogP contribution in [0, 0.1) is 75.5 Å². The fourth-order valence-electron chi connectivity index (χ4n) is 3.01. The summed E-state index contributed by atoms with van der Waals surface area (Å²) in [6.45, 7) is 9.35. The third-order valence-electron chi connectivity index (χ3n) is 3.90. The summed E-state index contributed by atoms with van der Waals surface area (Å²) in [5, 5.41) is 1.71. The maximum Gasteiger partial charge on any atom is 0.0212 e. The van der Waals surface area contributed by atoms with Crippen LogP contribution in [0.15, 0.2) is 0 Å². The predicted molar refractivity (Wildman–Crippen MR) is 71.7 cm³/mol. The molecule has 0 N–H and O–H groups in total. The number of thioether (sulfide) groups is 1. The smallest absolute Gasteiger partial charge is 0.0212 e.